The van der Waals surface area contributed by atoms with Crippen molar-refractivity contribution in [1.29, 1.82) is 0 Å². The molecular formula is C44H79O10P. The van der Waals surface area contributed by atoms with Crippen molar-refractivity contribution >= 4 is 19.8 Å². The fourth-order valence-electron chi connectivity index (χ4n) is 5.58. The van der Waals surface area contributed by atoms with Crippen LogP contribution in [-0.2, 0) is 32.7 Å². The Balaban J connectivity index is 4.37. The monoisotopic (exact) mass is 799 g/mol. The first-order chi connectivity index (χ1) is 26.7. The van der Waals surface area contributed by atoms with Gasteiger partial charge in [0.05, 0.1) is 19.8 Å². The molecule has 0 rings (SSSR count). The molecule has 0 amide bonds. The number of unbranched alkanes of at least 4 members (excludes halogenated alkanes) is 18. The third-order valence-corrected chi connectivity index (χ3v) is 9.91. The van der Waals surface area contributed by atoms with E-state index >= 15 is 0 Å². The lowest BCUT2D eigenvalue weighted by molar-refractivity contribution is -0.161. The Morgan fingerprint density at radius 1 is 0.545 bits per heavy atom. The maximum Gasteiger partial charge on any atom is 0.472 e. The summed E-state index contributed by atoms with van der Waals surface area (Å²) in [7, 11) is -4.63. The Bertz CT molecular complexity index is 1060. The molecule has 0 fully saturated rings. The van der Waals surface area contributed by atoms with Crippen molar-refractivity contribution in [2.45, 2.75) is 193 Å². The highest BCUT2D eigenvalue weighted by Gasteiger charge is 2.27. The average molecular weight is 799 g/mol. The zero-order chi connectivity index (χ0) is 40.5. The van der Waals surface area contributed by atoms with E-state index in [0.29, 0.717) is 12.8 Å². The number of carbonyl (C=O) groups excluding carboxylic acids is 2. The van der Waals surface area contributed by atoms with Gasteiger partial charge in [-0.25, -0.2) is 4.57 Å². The number of ether oxygens (including phenoxy) is 2. The van der Waals surface area contributed by atoms with Crippen LogP contribution in [0.2, 0.25) is 0 Å². The fourth-order valence-corrected chi connectivity index (χ4v) is 6.37. The minimum atomic E-state index is -4.63. The Morgan fingerprint density at radius 3 is 1.51 bits per heavy atom. The molecule has 0 aliphatic rings. The Hall–Kier alpha value is -2.07. The summed E-state index contributed by atoms with van der Waals surface area (Å²) >= 11 is 0. The minimum absolute atomic E-state index is 0.148. The molecule has 0 saturated carbocycles. The zero-order valence-electron chi connectivity index (χ0n) is 34.6. The molecule has 0 saturated heterocycles. The lowest BCUT2D eigenvalue weighted by Crippen LogP contribution is -2.29. The Morgan fingerprint density at radius 2 is 0.945 bits per heavy atom. The molecule has 10 nitrogen and oxygen atoms in total. The van der Waals surface area contributed by atoms with E-state index in [2.05, 4.69) is 67.0 Å². The molecule has 1 unspecified atom stereocenters. The number of allylic oxidation sites excluding steroid dienone is 8. The van der Waals surface area contributed by atoms with Crippen LogP contribution in [0.5, 0.6) is 0 Å². The van der Waals surface area contributed by atoms with E-state index in [4.69, 9.17) is 19.1 Å². The molecule has 0 aliphatic heterocycles. The molecule has 3 atom stereocenters. The number of carbonyl (C=O) groups is 2. The highest BCUT2D eigenvalue weighted by molar-refractivity contribution is 7.47. The smallest absolute Gasteiger partial charge is 0.462 e. The molecule has 3 N–H and O–H groups in total. The van der Waals surface area contributed by atoms with Gasteiger partial charge in [-0.3, -0.25) is 18.6 Å². The minimum Gasteiger partial charge on any atom is -0.462 e. The van der Waals surface area contributed by atoms with E-state index in [1.165, 1.54) is 83.5 Å². The van der Waals surface area contributed by atoms with Crippen molar-refractivity contribution in [1.82, 2.24) is 0 Å². The van der Waals surface area contributed by atoms with Crippen LogP contribution in [0.1, 0.15) is 181 Å². The Labute approximate surface area is 334 Å². The molecule has 0 aromatic heterocycles. The molecular weight excluding hydrogens is 719 g/mol. The second-order valence-corrected chi connectivity index (χ2v) is 15.8. The third-order valence-electron chi connectivity index (χ3n) is 8.96. The number of phosphoric ester groups is 1. The lowest BCUT2D eigenvalue weighted by atomic mass is 10.1. The molecule has 0 bridgehead atoms. The van der Waals surface area contributed by atoms with Crippen LogP contribution in [-0.4, -0.2) is 65.7 Å². The number of aliphatic hydroxyl groups is 2. The van der Waals surface area contributed by atoms with Crippen LogP contribution < -0.4 is 0 Å². The predicted molar refractivity (Wildman–Crippen MR) is 224 cm³/mol. The maximum absolute atomic E-state index is 12.6. The molecule has 0 aromatic carbocycles. The van der Waals surface area contributed by atoms with Crippen LogP contribution in [0.15, 0.2) is 48.6 Å². The normalized spacial score (nSPS) is 14.3. The van der Waals surface area contributed by atoms with Gasteiger partial charge in [-0.05, 0) is 77.0 Å². The lowest BCUT2D eigenvalue weighted by Gasteiger charge is -2.20. The van der Waals surface area contributed by atoms with Crippen molar-refractivity contribution in [2.24, 2.45) is 0 Å². The van der Waals surface area contributed by atoms with Gasteiger partial charge in [-0.1, -0.05) is 140 Å². The summed E-state index contributed by atoms with van der Waals surface area (Å²) in [6, 6.07) is 0. The number of phosphoric acid groups is 1. The van der Waals surface area contributed by atoms with Gasteiger partial charge in [0.15, 0.2) is 6.10 Å². The predicted octanol–water partition coefficient (Wildman–Crippen LogP) is 11.3. The van der Waals surface area contributed by atoms with E-state index in [0.717, 1.165) is 57.8 Å². The van der Waals surface area contributed by atoms with E-state index in [1.54, 1.807) is 0 Å². The zero-order valence-corrected chi connectivity index (χ0v) is 35.5. The van der Waals surface area contributed by atoms with Crippen molar-refractivity contribution < 1.29 is 47.8 Å². The number of aliphatic hydroxyl groups excluding tert-OH is 2. The van der Waals surface area contributed by atoms with Gasteiger partial charge < -0.3 is 24.6 Å². The molecule has 0 radical (unpaired) electrons. The first-order valence-corrected chi connectivity index (χ1v) is 23.1. The van der Waals surface area contributed by atoms with Crippen molar-refractivity contribution in [2.75, 3.05) is 26.4 Å². The quantitative estimate of drug-likeness (QED) is 0.0237. The fraction of sp³-hybridized carbons (Fsp3) is 0.773. The highest BCUT2D eigenvalue weighted by Crippen LogP contribution is 2.43. The molecule has 0 aromatic rings. The van der Waals surface area contributed by atoms with E-state index < -0.39 is 51.8 Å². The summed E-state index contributed by atoms with van der Waals surface area (Å²) in [5, 5.41) is 18.3. The van der Waals surface area contributed by atoms with Crippen LogP contribution in [0.4, 0.5) is 0 Å². The van der Waals surface area contributed by atoms with Gasteiger partial charge in [-0.15, -0.1) is 0 Å². The molecule has 0 aliphatic carbocycles. The Kier molecular flexibility index (Phi) is 38.6. The largest absolute Gasteiger partial charge is 0.472 e. The summed E-state index contributed by atoms with van der Waals surface area (Å²) in [5.74, 6) is -0.977. The van der Waals surface area contributed by atoms with Crippen LogP contribution in [0.25, 0.3) is 0 Å². The van der Waals surface area contributed by atoms with E-state index in [9.17, 15) is 24.2 Å². The maximum atomic E-state index is 12.6. The third kappa shape index (κ3) is 39.9. The molecule has 320 valence electrons. The standard InChI is InChI=1S/C44H79O10P/c1-3-5-7-9-11-13-15-17-19-20-22-23-25-27-29-31-33-35-43(47)51-39-42(40-53-55(49,50)52-38-41(46)37-45)54-44(48)36-34-32-30-28-26-24-21-18-16-14-12-10-8-6-4-2/h11,13,17,19,22-23,26,28,41-42,45-46H,3-10,12,14-16,18,20-21,24-25,27,29-40H2,1-2H3,(H,49,50)/b13-11+,19-17+,23-22+,28-26+/t41-,42+/m0/s1. The van der Waals surface area contributed by atoms with Gasteiger partial charge in [-0.2, -0.15) is 0 Å². The number of hydrogen-bond donors (Lipinski definition) is 3. The summed E-state index contributed by atoms with van der Waals surface area (Å²) in [5.41, 5.74) is 0. The van der Waals surface area contributed by atoms with Crippen LogP contribution >= 0.6 is 7.82 Å². The first kappa shape index (κ1) is 52.9. The van der Waals surface area contributed by atoms with Crippen molar-refractivity contribution in [3.63, 3.8) is 0 Å². The van der Waals surface area contributed by atoms with Gasteiger partial charge in [0.25, 0.3) is 0 Å². The van der Waals surface area contributed by atoms with Crippen molar-refractivity contribution in [3.8, 4) is 0 Å². The molecule has 0 spiro atoms. The highest BCUT2D eigenvalue weighted by atomic mass is 31.2. The molecule has 0 heterocycles. The van der Waals surface area contributed by atoms with Crippen LogP contribution in [0, 0.1) is 0 Å². The van der Waals surface area contributed by atoms with E-state index in [-0.39, 0.29) is 19.4 Å². The van der Waals surface area contributed by atoms with Gasteiger partial charge in [0, 0.05) is 12.8 Å². The molecule has 55 heavy (non-hydrogen) atoms. The SMILES string of the molecule is CCCCC/C=C/C/C=C/C/C=C/CCCCCCC(=O)OC[C@H](COP(=O)(O)OC[C@@H](O)CO)OC(=O)CCCC/C=C/CCCCCCCCCCC. The number of esters is 2. The van der Waals surface area contributed by atoms with Crippen molar-refractivity contribution in [3.05, 3.63) is 48.6 Å². The number of rotatable bonds is 40. The van der Waals surface area contributed by atoms with Gasteiger partial charge in [0.2, 0.25) is 0 Å². The summed E-state index contributed by atoms with van der Waals surface area (Å²) in [6.45, 7) is 2.30. The number of hydrogen-bond acceptors (Lipinski definition) is 9. The van der Waals surface area contributed by atoms with Gasteiger partial charge >= 0.3 is 19.8 Å². The first-order valence-electron chi connectivity index (χ1n) is 21.6. The van der Waals surface area contributed by atoms with Crippen LogP contribution in [0.3, 0.4) is 0 Å². The second kappa shape index (κ2) is 40.1. The summed E-state index contributed by atoms with van der Waals surface area (Å²) in [4.78, 5) is 34.9. The topological polar surface area (TPSA) is 149 Å². The van der Waals surface area contributed by atoms with E-state index in [1.807, 2.05) is 0 Å². The molecule has 11 heteroatoms. The second-order valence-electron chi connectivity index (χ2n) is 14.4. The average Bonchev–Trinajstić information content (AvgIpc) is 3.17. The van der Waals surface area contributed by atoms with Gasteiger partial charge in [0.1, 0.15) is 12.7 Å². The summed E-state index contributed by atoms with van der Waals surface area (Å²) in [6.07, 6.45) is 42.2. The summed E-state index contributed by atoms with van der Waals surface area (Å²) < 4.78 is 32.7.